The van der Waals surface area contributed by atoms with Crippen molar-refractivity contribution in [2.45, 2.75) is 46.5 Å². The third-order valence-corrected chi connectivity index (χ3v) is 10.0. The summed E-state index contributed by atoms with van der Waals surface area (Å²) < 4.78 is 110. The van der Waals surface area contributed by atoms with Crippen LogP contribution in [-0.2, 0) is 95.4 Å². The Bertz CT molecular complexity index is 1260. The van der Waals surface area contributed by atoms with Crippen LogP contribution in [0.25, 0.3) is 0 Å². The van der Waals surface area contributed by atoms with Crippen LogP contribution in [0, 0.1) is 5.41 Å². The number of hydrogen-bond donors (Lipinski definition) is 1. The zero-order valence-electron chi connectivity index (χ0n) is 46.9. The number of aliphatic hydroxyl groups is 1. The maximum Gasteiger partial charge on any atom is 0.119 e. The Morgan fingerprint density at radius 1 is 0.253 bits per heavy atom. The fraction of sp³-hybridized carbons (Fsp3) is 0.889. The van der Waals surface area contributed by atoms with Crippen molar-refractivity contribution in [3.05, 3.63) is 29.8 Å². The lowest BCUT2D eigenvalue weighted by atomic mass is 9.72. The molecule has 0 atom stereocenters. The molecule has 1 rings (SSSR count). The number of ether oxygens (including phenoxy) is 20. The molecule has 0 aliphatic heterocycles. The van der Waals surface area contributed by atoms with Gasteiger partial charge in [0.2, 0.25) is 0 Å². The molecule has 0 unspecified atom stereocenters. The maximum absolute atomic E-state index is 8.61. The van der Waals surface area contributed by atoms with Crippen LogP contribution in [0.5, 0.6) is 5.75 Å². The first kappa shape index (κ1) is 71.2. The van der Waals surface area contributed by atoms with Crippen molar-refractivity contribution in [2.24, 2.45) is 5.41 Å². The predicted octanol–water partition coefficient (Wildman–Crippen LogP) is 4.09. The second-order valence-corrected chi connectivity index (χ2v) is 18.4. The van der Waals surface area contributed by atoms with E-state index < -0.39 is 0 Å². The quantitative estimate of drug-likeness (QED) is 0.0913. The zero-order valence-corrected chi connectivity index (χ0v) is 46.9. The van der Waals surface area contributed by atoms with Gasteiger partial charge in [-0.1, -0.05) is 46.8 Å². The number of hydrogen-bond acceptors (Lipinski definition) is 21. The van der Waals surface area contributed by atoms with E-state index in [0.717, 1.165) is 12.2 Å². The molecule has 0 aromatic heterocycles. The van der Waals surface area contributed by atoms with Crippen molar-refractivity contribution in [1.82, 2.24) is 0 Å². The standard InChI is InChI=1S/C54H102O21/c1-53(2,3)50-54(4,5)51-6-8-52(9-7-51)75-49-48-74-47-46-73-45-44-72-43-42-71-41-40-70-39-38-69-37-36-68-35-34-67-33-32-66-31-30-65-29-28-64-27-26-63-25-24-62-23-22-61-21-20-60-19-18-59-17-16-58-15-14-57-13-12-56-11-10-55/h6-9,55H,10-50H2,1-5H3. The SMILES string of the molecule is CC(C)(C)CC(C)(C)c1ccc(OCCOCCOCCOCCOCCOCCOCCOCCOCCOCCOCCOCCOCCOCCOCCOCCOCCOCCOCCOCCO)cc1. The van der Waals surface area contributed by atoms with Crippen LogP contribution in [0.15, 0.2) is 24.3 Å². The molecule has 0 bridgehead atoms. The molecule has 21 nitrogen and oxygen atoms in total. The van der Waals surface area contributed by atoms with Crippen molar-refractivity contribution in [3.8, 4) is 5.75 Å². The zero-order chi connectivity index (χ0) is 54.1. The molecule has 1 aromatic rings. The normalized spacial score (nSPS) is 12.1. The van der Waals surface area contributed by atoms with Crippen LogP contribution in [0.4, 0.5) is 0 Å². The molecule has 0 aliphatic carbocycles. The van der Waals surface area contributed by atoms with E-state index >= 15 is 0 Å². The summed E-state index contributed by atoms with van der Waals surface area (Å²) in [6.07, 6.45) is 1.11. The topological polar surface area (TPSA) is 205 Å². The highest BCUT2D eigenvalue weighted by Crippen LogP contribution is 2.36. The molecule has 21 heteroatoms. The van der Waals surface area contributed by atoms with Crippen LogP contribution in [0.1, 0.15) is 46.6 Å². The average molecular weight is 1090 g/mol. The Balaban J connectivity index is 1.64. The molecular weight excluding hydrogens is 985 g/mol. The number of benzene rings is 1. The van der Waals surface area contributed by atoms with Crippen molar-refractivity contribution >= 4 is 0 Å². The van der Waals surface area contributed by atoms with Gasteiger partial charge in [-0.3, -0.25) is 0 Å². The summed E-state index contributed by atoms with van der Waals surface area (Å²) >= 11 is 0. The highest BCUT2D eigenvalue weighted by atomic mass is 16.6. The highest BCUT2D eigenvalue weighted by molar-refractivity contribution is 5.31. The molecule has 0 heterocycles. The van der Waals surface area contributed by atoms with E-state index in [-0.39, 0.29) is 17.4 Å². The maximum atomic E-state index is 8.61. The van der Waals surface area contributed by atoms with E-state index in [2.05, 4.69) is 46.8 Å². The summed E-state index contributed by atoms with van der Waals surface area (Å²) in [5.41, 5.74) is 1.71. The van der Waals surface area contributed by atoms with Crippen LogP contribution in [0.2, 0.25) is 0 Å². The van der Waals surface area contributed by atoms with Crippen molar-refractivity contribution in [2.75, 3.05) is 264 Å². The predicted molar refractivity (Wildman–Crippen MR) is 282 cm³/mol. The molecule has 0 saturated carbocycles. The van der Waals surface area contributed by atoms with E-state index in [1.54, 1.807) is 0 Å². The Morgan fingerprint density at radius 3 is 0.600 bits per heavy atom. The minimum Gasteiger partial charge on any atom is -0.491 e. The summed E-state index contributed by atoms with van der Waals surface area (Å²) in [7, 11) is 0. The number of aliphatic hydroxyl groups excluding tert-OH is 1. The molecule has 0 aliphatic rings. The van der Waals surface area contributed by atoms with Crippen molar-refractivity contribution in [3.63, 3.8) is 0 Å². The number of rotatable bonds is 62. The molecule has 1 N–H and O–H groups in total. The molecule has 0 radical (unpaired) electrons. The first-order chi connectivity index (χ1) is 36.7. The largest absolute Gasteiger partial charge is 0.491 e. The third-order valence-electron chi connectivity index (χ3n) is 10.0. The van der Waals surface area contributed by atoms with Crippen LogP contribution in [-0.4, -0.2) is 269 Å². The summed E-state index contributed by atoms with van der Waals surface area (Å²) in [6, 6.07) is 8.41. The molecule has 0 saturated heterocycles. The molecule has 1 aromatic carbocycles. The molecule has 0 fully saturated rings. The molecule has 75 heavy (non-hydrogen) atoms. The van der Waals surface area contributed by atoms with Gasteiger partial charge in [-0.05, 0) is 34.9 Å². The lowest BCUT2D eigenvalue weighted by molar-refractivity contribution is -0.0313. The van der Waals surface area contributed by atoms with Crippen molar-refractivity contribution in [1.29, 1.82) is 0 Å². The van der Waals surface area contributed by atoms with Gasteiger partial charge in [0.25, 0.3) is 0 Å². The fourth-order valence-corrected chi connectivity index (χ4v) is 6.77. The minimum absolute atomic E-state index is 0.0193. The van der Waals surface area contributed by atoms with Gasteiger partial charge >= 0.3 is 0 Å². The van der Waals surface area contributed by atoms with E-state index in [1.165, 1.54) is 5.56 Å². The average Bonchev–Trinajstić information content (AvgIpc) is 3.38. The highest BCUT2D eigenvalue weighted by Gasteiger charge is 2.27. The van der Waals surface area contributed by atoms with E-state index in [9.17, 15) is 0 Å². The molecule has 0 amide bonds. The Kier molecular flexibility index (Phi) is 52.7. The summed E-state index contributed by atoms with van der Waals surface area (Å²) in [5, 5.41) is 8.61. The smallest absolute Gasteiger partial charge is 0.119 e. The van der Waals surface area contributed by atoms with Gasteiger partial charge in [0.15, 0.2) is 0 Å². The Hall–Kier alpha value is -1.78. The first-order valence-corrected chi connectivity index (χ1v) is 27.1. The van der Waals surface area contributed by atoms with Gasteiger partial charge < -0.3 is 99.8 Å². The van der Waals surface area contributed by atoms with E-state index in [4.69, 9.17) is 99.8 Å². The van der Waals surface area contributed by atoms with Gasteiger partial charge in [0.1, 0.15) is 12.4 Å². The summed E-state index contributed by atoms with van der Waals surface area (Å²) in [6.45, 7) is 30.5. The third kappa shape index (κ3) is 54.0. The van der Waals surface area contributed by atoms with Gasteiger partial charge in [-0.15, -0.1) is 0 Å². The Morgan fingerprint density at radius 2 is 0.427 bits per heavy atom. The lowest BCUT2D eigenvalue weighted by Gasteiger charge is -2.33. The molecule has 444 valence electrons. The molecular formula is C54H102O21. The van der Waals surface area contributed by atoms with Gasteiger partial charge in [-0.25, -0.2) is 0 Å². The first-order valence-electron chi connectivity index (χ1n) is 27.1. The van der Waals surface area contributed by atoms with Gasteiger partial charge in [0, 0.05) is 0 Å². The monoisotopic (exact) mass is 1090 g/mol. The van der Waals surface area contributed by atoms with Crippen LogP contribution in [0.3, 0.4) is 0 Å². The van der Waals surface area contributed by atoms with Gasteiger partial charge in [0.05, 0.1) is 258 Å². The molecule has 0 spiro atoms. The van der Waals surface area contributed by atoms with E-state index in [1.807, 2.05) is 12.1 Å². The van der Waals surface area contributed by atoms with Crippen LogP contribution >= 0.6 is 0 Å². The fourth-order valence-electron chi connectivity index (χ4n) is 6.77. The second-order valence-electron chi connectivity index (χ2n) is 18.4. The Labute approximate surface area is 450 Å². The summed E-state index contributed by atoms with van der Waals surface area (Å²) in [5.74, 6) is 0.855. The minimum atomic E-state index is 0.0193. The van der Waals surface area contributed by atoms with Gasteiger partial charge in [-0.2, -0.15) is 0 Å². The van der Waals surface area contributed by atoms with Crippen LogP contribution < -0.4 is 4.74 Å². The second kappa shape index (κ2) is 55.5. The summed E-state index contributed by atoms with van der Waals surface area (Å²) in [4.78, 5) is 0. The lowest BCUT2D eigenvalue weighted by Crippen LogP contribution is -2.24. The van der Waals surface area contributed by atoms with E-state index in [0.29, 0.717) is 258 Å². The van der Waals surface area contributed by atoms with Crippen molar-refractivity contribution < 1.29 is 99.8 Å².